The predicted octanol–water partition coefficient (Wildman–Crippen LogP) is 4.33. The summed E-state index contributed by atoms with van der Waals surface area (Å²) in [7, 11) is -3.89. The first-order chi connectivity index (χ1) is 15.4. The quantitative estimate of drug-likeness (QED) is 0.421. The van der Waals surface area contributed by atoms with E-state index in [2.05, 4.69) is 20.0 Å². The molecule has 0 fully saturated rings. The monoisotopic (exact) mass is 468 g/mol. The van der Waals surface area contributed by atoms with Crippen LogP contribution in [0.15, 0.2) is 83.3 Å². The number of carbonyl (C=O) groups is 1. The van der Waals surface area contributed by atoms with Crippen LogP contribution in [0.4, 0.5) is 15.8 Å². The van der Waals surface area contributed by atoms with Crippen LogP contribution in [-0.4, -0.2) is 24.3 Å². The van der Waals surface area contributed by atoms with E-state index in [0.29, 0.717) is 11.4 Å². The molecule has 162 valence electrons. The van der Waals surface area contributed by atoms with E-state index >= 15 is 0 Å². The zero-order valence-electron chi connectivity index (χ0n) is 16.5. The van der Waals surface area contributed by atoms with E-state index in [1.807, 2.05) is 17.5 Å². The first-order valence-corrected chi connectivity index (χ1v) is 11.8. The van der Waals surface area contributed by atoms with Gasteiger partial charge in [0.05, 0.1) is 22.7 Å². The number of amides is 1. The van der Waals surface area contributed by atoms with E-state index in [1.165, 1.54) is 53.8 Å². The lowest BCUT2D eigenvalue weighted by Crippen LogP contribution is -2.15. The van der Waals surface area contributed by atoms with Gasteiger partial charge in [0.1, 0.15) is 10.8 Å². The molecule has 4 aromatic rings. The summed E-state index contributed by atoms with van der Waals surface area (Å²) >= 11 is 1.43. The minimum absolute atomic E-state index is 0.0135. The lowest BCUT2D eigenvalue weighted by molar-refractivity contribution is -0.115. The van der Waals surface area contributed by atoms with E-state index in [-0.39, 0.29) is 22.9 Å². The molecule has 0 saturated carbocycles. The van der Waals surface area contributed by atoms with Crippen LogP contribution in [0.2, 0.25) is 0 Å². The summed E-state index contributed by atoms with van der Waals surface area (Å²) in [5, 5.41) is 5.32. The highest BCUT2D eigenvalue weighted by Crippen LogP contribution is 2.23. The van der Waals surface area contributed by atoms with Gasteiger partial charge in [-0.2, -0.15) is 0 Å². The van der Waals surface area contributed by atoms with Crippen LogP contribution in [0.1, 0.15) is 5.69 Å². The molecule has 0 atom stereocenters. The summed E-state index contributed by atoms with van der Waals surface area (Å²) in [6.07, 6.45) is 3.47. The van der Waals surface area contributed by atoms with Crippen molar-refractivity contribution in [2.45, 2.75) is 11.3 Å². The molecule has 0 unspecified atom stereocenters. The largest absolute Gasteiger partial charge is 0.326 e. The summed E-state index contributed by atoms with van der Waals surface area (Å²) in [5.74, 6) is -0.822. The Morgan fingerprint density at radius 3 is 2.56 bits per heavy atom. The highest BCUT2D eigenvalue weighted by molar-refractivity contribution is 7.92. The summed E-state index contributed by atoms with van der Waals surface area (Å²) in [6, 6.07) is 14.6. The number of carbonyl (C=O) groups excluding carboxylic acids is 1. The fraction of sp³-hybridized carbons (Fsp3) is 0.0455. The molecule has 0 aliphatic heterocycles. The zero-order chi connectivity index (χ0) is 22.6. The van der Waals surface area contributed by atoms with Gasteiger partial charge in [0.15, 0.2) is 0 Å². The van der Waals surface area contributed by atoms with Crippen molar-refractivity contribution in [3.05, 3.63) is 89.9 Å². The smallest absolute Gasteiger partial charge is 0.261 e. The van der Waals surface area contributed by atoms with Crippen LogP contribution in [0, 0.1) is 5.82 Å². The number of pyridine rings is 1. The van der Waals surface area contributed by atoms with Crippen LogP contribution >= 0.6 is 11.3 Å². The molecule has 2 aromatic heterocycles. The number of hydrogen-bond donors (Lipinski definition) is 2. The first kappa shape index (κ1) is 21.6. The predicted molar refractivity (Wildman–Crippen MR) is 121 cm³/mol. The van der Waals surface area contributed by atoms with Gasteiger partial charge in [0, 0.05) is 29.0 Å². The average Bonchev–Trinajstić information content (AvgIpc) is 3.23. The number of nitrogens with zero attached hydrogens (tertiary/aromatic N) is 2. The van der Waals surface area contributed by atoms with E-state index in [1.54, 1.807) is 12.4 Å². The molecule has 4 rings (SSSR count). The Bertz CT molecular complexity index is 1340. The molecule has 2 aromatic carbocycles. The van der Waals surface area contributed by atoms with Crippen molar-refractivity contribution in [3.8, 4) is 10.6 Å². The molecule has 0 aliphatic rings. The Morgan fingerprint density at radius 2 is 1.84 bits per heavy atom. The van der Waals surface area contributed by atoms with Crippen molar-refractivity contribution in [3.63, 3.8) is 0 Å². The van der Waals surface area contributed by atoms with E-state index in [4.69, 9.17) is 0 Å². The highest BCUT2D eigenvalue weighted by atomic mass is 32.2. The number of sulfonamides is 1. The first-order valence-electron chi connectivity index (χ1n) is 9.42. The second-order valence-corrected chi connectivity index (χ2v) is 9.29. The Hall–Kier alpha value is -3.63. The Kier molecular flexibility index (Phi) is 6.24. The second-order valence-electron chi connectivity index (χ2n) is 6.75. The highest BCUT2D eigenvalue weighted by Gasteiger charge is 2.15. The normalized spacial score (nSPS) is 11.2. The molecule has 0 bridgehead atoms. The van der Waals surface area contributed by atoms with Crippen LogP contribution < -0.4 is 10.0 Å². The van der Waals surface area contributed by atoms with Gasteiger partial charge in [0.25, 0.3) is 10.0 Å². The SMILES string of the molecule is O=C(Cc1csc(-c2cccnc2)n1)Nc1ccc(S(=O)(=O)Nc2cccc(F)c2)cc1. The molecule has 0 aliphatic carbocycles. The maximum absolute atomic E-state index is 13.3. The number of benzene rings is 2. The molecule has 0 saturated heterocycles. The third-order valence-electron chi connectivity index (χ3n) is 4.33. The topological polar surface area (TPSA) is 101 Å². The number of rotatable bonds is 7. The molecule has 2 N–H and O–H groups in total. The van der Waals surface area contributed by atoms with Crippen molar-refractivity contribution in [2.75, 3.05) is 10.0 Å². The maximum Gasteiger partial charge on any atom is 0.261 e. The Balaban J connectivity index is 1.38. The molecular formula is C22H17FN4O3S2. The van der Waals surface area contributed by atoms with Crippen molar-refractivity contribution in [1.82, 2.24) is 9.97 Å². The molecular weight excluding hydrogens is 451 g/mol. The standard InChI is InChI=1S/C22H17FN4O3S2/c23-16-4-1-5-18(11-16)27-32(29,30)20-8-6-17(7-9-20)25-21(28)12-19-14-31-22(26-19)15-3-2-10-24-13-15/h1-11,13-14,27H,12H2,(H,25,28). The van der Waals surface area contributed by atoms with Gasteiger partial charge >= 0.3 is 0 Å². The van der Waals surface area contributed by atoms with Gasteiger partial charge in [-0.1, -0.05) is 6.07 Å². The molecule has 0 spiro atoms. The third-order valence-corrected chi connectivity index (χ3v) is 6.66. The molecule has 32 heavy (non-hydrogen) atoms. The number of aromatic nitrogens is 2. The van der Waals surface area contributed by atoms with Crippen LogP contribution in [0.5, 0.6) is 0 Å². The Labute approximate surface area is 188 Å². The molecule has 0 radical (unpaired) electrons. The second kappa shape index (κ2) is 9.25. The van der Waals surface area contributed by atoms with Crippen molar-refractivity contribution >= 4 is 38.6 Å². The minimum Gasteiger partial charge on any atom is -0.326 e. The number of hydrogen-bond acceptors (Lipinski definition) is 6. The Morgan fingerprint density at radius 1 is 1.03 bits per heavy atom. The molecule has 10 heteroatoms. The third kappa shape index (κ3) is 5.34. The van der Waals surface area contributed by atoms with Crippen molar-refractivity contribution in [2.24, 2.45) is 0 Å². The van der Waals surface area contributed by atoms with Gasteiger partial charge < -0.3 is 5.32 Å². The van der Waals surface area contributed by atoms with Gasteiger partial charge in [0.2, 0.25) is 5.91 Å². The van der Waals surface area contributed by atoms with Crippen LogP contribution in [-0.2, 0) is 21.2 Å². The van der Waals surface area contributed by atoms with E-state index in [0.717, 1.165) is 16.6 Å². The van der Waals surface area contributed by atoms with Gasteiger partial charge in [-0.05, 0) is 54.6 Å². The fourth-order valence-electron chi connectivity index (χ4n) is 2.86. The van der Waals surface area contributed by atoms with Crippen molar-refractivity contribution in [1.29, 1.82) is 0 Å². The fourth-order valence-corrected chi connectivity index (χ4v) is 4.72. The summed E-state index contributed by atoms with van der Waals surface area (Å²) in [5.41, 5.74) is 2.08. The number of anilines is 2. The van der Waals surface area contributed by atoms with Gasteiger partial charge in [-0.15, -0.1) is 11.3 Å². The molecule has 2 heterocycles. The lowest BCUT2D eigenvalue weighted by Gasteiger charge is -2.09. The van der Waals surface area contributed by atoms with Gasteiger partial charge in [-0.25, -0.2) is 17.8 Å². The zero-order valence-corrected chi connectivity index (χ0v) is 18.2. The minimum atomic E-state index is -3.89. The summed E-state index contributed by atoms with van der Waals surface area (Å²) in [4.78, 5) is 20.9. The van der Waals surface area contributed by atoms with Gasteiger partial charge in [-0.3, -0.25) is 14.5 Å². The van der Waals surface area contributed by atoms with E-state index in [9.17, 15) is 17.6 Å². The number of nitrogens with one attached hydrogen (secondary N) is 2. The van der Waals surface area contributed by atoms with Crippen molar-refractivity contribution < 1.29 is 17.6 Å². The van der Waals surface area contributed by atoms with E-state index < -0.39 is 15.8 Å². The number of thiazole rings is 1. The average molecular weight is 469 g/mol. The summed E-state index contributed by atoms with van der Waals surface area (Å²) in [6.45, 7) is 0. The number of halogens is 1. The maximum atomic E-state index is 13.3. The molecule has 1 amide bonds. The lowest BCUT2D eigenvalue weighted by atomic mass is 10.2. The van der Waals surface area contributed by atoms with Crippen LogP contribution in [0.25, 0.3) is 10.6 Å². The molecule has 7 nitrogen and oxygen atoms in total. The summed E-state index contributed by atoms with van der Waals surface area (Å²) < 4.78 is 40.5. The van der Waals surface area contributed by atoms with Crippen LogP contribution in [0.3, 0.4) is 0 Å².